The number of aliphatic hydroxyl groups excluding tert-OH is 2. The fraction of sp³-hybridized carbons (Fsp3) is 0.464. The lowest BCUT2D eigenvalue weighted by atomic mass is 10.0. The van der Waals surface area contributed by atoms with Crippen molar-refractivity contribution in [2.75, 3.05) is 13.7 Å². The standard InChI is InChI=1S/C28H39NO9Si/c1-28(2,3)39(5,6)37-18-21(29-27(34)36-17-19-13-9-7-10-14-19)24(22(30)23(31)26(33)35-4)38-25(32)20-15-11-8-12-16-20/h7-16,21-24,30-31H,17-18H2,1-6H3,(H,29,34)/t21-,22-,23-,24+/m1/s1. The molecule has 1 amide bonds. The largest absolute Gasteiger partial charge is 0.467 e. The number of alkyl carbamates (subject to hydrolysis) is 1. The Morgan fingerprint density at radius 3 is 2.05 bits per heavy atom. The van der Waals surface area contributed by atoms with Crippen molar-refractivity contribution in [3.05, 3.63) is 71.8 Å². The van der Waals surface area contributed by atoms with Crippen LogP contribution in [-0.4, -0.2) is 74.6 Å². The Morgan fingerprint density at radius 1 is 0.949 bits per heavy atom. The van der Waals surface area contributed by atoms with Crippen molar-refractivity contribution in [3.8, 4) is 0 Å². The summed E-state index contributed by atoms with van der Waals surface area (Å²) in [4.78, 5) is 37.9. The van der Waals surface area contributed by atoms with E-state index in [0.717, 1.165) is 12.7 Å². The minimum absolute atomic E-state index is 0.0374. The number of esters is 2. The van der Waals surface area contributed by atoms with Crippen molar-refractivity contribution in [3.63, 3.8) is 0 Å². The summed E-state index contributed by atoms with van der Waals surface area (Å²) in [5.74, 6) is -1.98. The number of hydrogen-bond acceptors (Lipinski definition) is 9. The van der Waals surface area contributed by atoms with Gasteiger partial charge in [-0.25, -0.2) is 14.4 Å². The predicted octanol–water partition coefficient (Wildman–Crippen LogP) is 3.42. The number of aliphatic hydroxyl groups is 2. The molecule has 39 heavy (non-hydrogen) atoms. The zero-order chi connectivity index (χ0) is 29.2. The molecule has 10 nitrogen and oxygen atoms in total. The van der Waals surface area contributed by atoms with Crippen LogP contribution in [0.15, 0.2) is 60.7 Å². The summed E-state index contributed by atoms with van der Waals surface area (Å²) >= 11 is 0. The van der Waals surface area contributed by atoms with Gasteiger partial charge in [-0.1, -0.05) is 69.3 Å². The summed E-state index contributed by atoms with van der Waals surface area (Å²) in [6.45, 7) is 9.82. The van der Waals surface area contributed by atoms with Crippen LogP contribution in [0, 0.1) is 0 Å². The molecule has 2 aromatic carbocycles. The second-order valence-electron chi connectivity index (χ2n) is 10.6. The topological polar surface area (TPSA) is 141 Å². The van der Waals surface area contributed by atoms with Crippen molar-refractivity contribution in [1.82, 2.24) is 5.32 Å². The van der Waals surface area contributed by atoms with E-state index in [-0.39, 0.29) is 23.8 Å². The summed E-state index contributed by atoms with van der Waals surface area (Å²) in [6.07, 6.45) is -6.52. The number of nitrogens with one attached hydrogen (secondary N) is 1. The van der Waals surface area contributed by atoms with Gasteiger partial charge in [-0.15, -0.1) is 0 Å². The molecule has 0 heterocycles. The maximum Gasteiger partial charge on any atom is 0.407 e. The van der Waals surface area contributed by atoms with Gasteiger partial charge in [0.15, 0.2) is 20.5 Å². The molecule has 0 radical (unpaired) electrons. The summed E-state index contributed by atoms with van der Waals surface area (Å²) in [5.41, 5.74) is 0.910. The van der Waals surface area contributed by atoms with Gasteiger partial charge in [0.1, 0.15) is 12.7 Å². The fourth-order valence-corrected chi connectivity index (χ4v) is 4.27. The molecule has 0 fully saturated rings. The molecule has 0 aromatic heterocycles. The lowest BCUT2D eigenvalue weighted by Crippen LogP contribution is -2.58. The first-order valence-corrected chi connectivity index (χ1v) is 15.5. The Labute approximate surface area is 230 Å². The molecule has 0 unspecified atom stereocenters. The van der Waals surface area contributed by atoms with Gasteiger partial charge in [0.05, 0.1) is 25.3 Å². The van der Waals surface area contributed by atoms with Crippen LogP contribution in [0.2, 0.25) is 18.1 Å². The van der Waals surface area contributed by atoms with Crippen LogP contribution in [0.25, 0.3) is 0 Å². The minimum Gasteiger partial charge on any atom is -0.467 e. The Bertz CT molecular complexity index is 1070. The van der Waals surface area contributed by atoms with E-state index < -0.39 is 50.7 Å². The van der Waals surface area contributed by atoms with Crippen molar-refractivity contribution in [2.24, 2.45) is 0 Å². The van der Waals surface area contributed by atoms with Crippen LogP contribution >= 0.6 is 0 Å². The van der Waals surface area contributed by atoms with E-state index in [2.05, 4.69) is 10.1 Å². The third-order valence-corrected chi connectivity index (χ3v) is 11.2. The molecule has 214 valence electrons. The summed E-state index contributed by atoms with van der Waals surface area (Å²) in [6, 6.07) is 15.8. The van der Waals surface area contributed by atoms with E-state index in [1.807, 2.05) is 39.9 Å². The van der Waals surface area contributed by atoms with Crippen LogP contribution in [0.5, 0.6) is 0 Å². The quantitative estimate of drug-likeness (QED) is 0.202. The highest BCUT2D eigenvalue weighted by atomic mass is 28.4. The number of carbonyl (C=O) groups excluding carboxylic acids is 3. The molecule has 0 spiro atoms. The molecular formula is C28H39NO9Si. The number of carbonyl (C=O) groups is 3. The van der Waals surface area contributed by atoms with Gasteiger partial charge < -0.3 is 34.2 Å². The van der Waals surface area contributed by atoms with Crippen molar-refractivity contribution in [1.29, 1.82) is 0 Å². The molecule has 0 saturated carbocycles. The average Bonchev–Trinajstić information content (AvgIpc) is 2.92. The zero-order valence-corrected chi connectivity index (χ0v) is 24.2. The molecule has 0 saturated heterocycles. The molecule has 4 atom stereocenters. The molecule has 3 N–H and O–H groups in total. The van der Waals surface area contributed by atoms with Crippen LogP contribution < -0.4 is 5.32 Å². The molecule has 2 rings (SSSR count). The number of methoxy groups -OCH3 is 1. The van der Waals surface area contributed by atoms with Gasteiger partial charge in [-0.05, 0) is 35.8 Å². The smallest absolute Gasteiger partial charge is 0.407 e. The minimum atomic E-state index is -2.40. The number of amides is 1. The van der Waals surface area contributed by atoms with E-state index >= 15 is 0 Å². The number of hydrogen-bond donors (Lipinski definition) is 3. The van der Waals surface area contributed by atoms with E-state index in [1.165, 1.54) is 12.1 Å². The lowest BCUT2D eigenvalue weighted by molar-refractivity contribution is -0.163. The van der Waals surface area contributed by atoms with E-state index in [1.54, 1.807) is 42.5 Å². The second kappa shape index (κ2) is 14.2. The highest BCUT2D eigenvalue weighted by molar-refractivity contribution is 6.74. The number of ether oxygens (including phenoxy) is 3. The van der Waals surface area contributed by atoms with Gasteiger partial charge >= 0.3 is 18.0 Å². The highest BCUT2D eigenvalue weighted by Gasteiger charge is 2.43. The zero-order valence-electron chi connectivity index (χ0n) is 23.2. The molecule has 2 aromatic rings. The fourth-order valence-electron chi connectivity index (χ4n) is 3.24. The van der Waals surface area contributed by atoms with Crippen LogP contribution in [0.3, 0.4) is 0 Å². The highest BCUT2D eigenvalue weighted by Crippen LogP contribution is 2.36. The van der Waals surface area contributed by atoms with E-state index in [0.29, 0.717) is 0 Å². The Balaban J connectivity index is 2.38. The number of benzene rings is 2. The van der Waals surface area contributed by atoms with Gasteiger partial charge in [0.2, 0.25) is 0 Å². The van der Waals surface area contributed by atoms with Crippen molar-refractivity contribution >= 4 is 26.3 Å². The second-order valence-corrected chi connectivity index (χ2v) is 15.4. The summed E-state index contributed by atoms with van der Waals surface area (Å²) < 4.78 is 21.8. The SMILES string of the molecule is COC(=O)[C@H](O)[C@@H](O)[C@@H](OC(=O)c1ccccc1)[C@@H](CO[Si](C)(C)C(C)(C)C)NC(=O)OCc1ccccc1. The maximum absolute atomic E-state index is 13.0. The van der Waals surface area contributed by atoms with Crippen LogP contribution in [-0.2, 0) is 30.0 Å². The first-order valence-electron chi connectivity index (χ1n) is 12.6. The summed E-state index contributed by atoms with van der Waals surface area (Å²) in [5, 5.41) is 23.8. The monoisotopic (exact) mass is 561 g/mol. The predicted molar refractivity (Wildman–Crippen MR) is 146 cm³/mol. The van der Waals surface area contributed by atoms with Gasteiger partial charge in [0, 0.05) is 0 Å². The van der Waals surface area contributed by atoms with Gasteiger partial charge in [-0.3, -0.25) is 0 Å². The third kappa shape index (κ3) is 9.46. The summed E-state index contributed by atoms with van der Waals surface area (Å²) in [7, 11) is -1.36. The van der Waals surface area contributed by atoms with Crippen LogP contribution in [0.4, 0.5) is 4.79 Å². The lowest BCUT2D eigenvalue weighted by Gasteiger charge is -2.39. The van der Waals surface area contributed by atoms with Gasteiger partial charge in [-0.2, -0.15) is 0 Å². The van der Waals surface area contributed by atoms with Gasteiger partial charge in [0.25, 0.3) is 0 Å². The first kappa shape index (κ1) is 32.0. The Hall–Kier alpha value is -3.25. The third-order valence-electron chi connectivity index (χ3n) is 6.70. The average molecular weight is 562 g/mol. The van der Waals surface area contributed by atoms with Crippen LogP contribution in [0.1, 0.15) is 36.7 Å². The maximum atomic E-state index is 13.0. The normalized spacial score (nSPS) is 14.9. The molecule has 11 heteroatoms. The Kier molecular flexibility index (Phi) is 11.7. The molecule has 0 aliphatic heterocycles. The Morgan fingerprint density at radius 2 is 1.51 bits per heavy atom. The number of rotatable bonds is 12. The molecule has 0 aliphatic carbocycles. The molecular weight excluding hydrogens is 522 g/mol. The molecule has 0 aliphatic rings. The van der Waals surface area contributed by atoms with E-state index in [4.69, 9.17) is 13.9 Å². The first-order chi connectivity index (χ1) is 18.3. The molecule has 0 bridgehead atoms. The van der Waals surface area contributed by atoms with Crippen molar-refractivity contribution < 1.29 is 43.2 Å². The van der Waals surface area contributed by atoms with Crippen molar-refractivity contribution in [2.45, 2.75) is 69.9 Å². The van der Waals surface area contributed by atoms with E-state index in [9.17, 15) is 24.6 Å².